The van der Waals surface area contributed by atoms with Crippen molar-refractivity contribution in [1.29, 1.82) is 0 Å². The number of carbonyl (C=O) groups excluding carboxylic acids is 1. The smallest absolute Gasteiger partial charge is 0.239 e. The molecule has 1 heterocycles. The fraction of sp³-hybridized carbons (Fsp3) is 0.545. The Hall–Kier alpha value is -0.870. The predicted molar refractivity (Wildman–Crippen MR) is 63.9 cm³/mol. The van der Waals surface area contributed by atoms with E-state index in [1.165, 1.54) is 4.88 Å². The van der Waals surface area contributed by atoms with Gasteiger partial charge in [-0.3, -0.25) is 4.79 Å². The van der Waals surface area contributed by atoms with E-state index in [1.54, 1.807) is 25.2 Å². The van der Waals surface area contributed by atoms with E-state index in [4.69, 9.17) is 5.73 Å². The number of amides is 1. The van der Waals surface area contributed by atoms with Gasteiger partial charge in [0, 0.05) is 17.3 Å². The first kappa shape index (κ1) is 12.2. The van der Waals surface area contributed by atoms with Crippen molar-refractivity contribution in [2.24, 2.45) is 5.73 Å². The summed E-state index contributed by atoms with van der Waals surface area (Å²) in [6.45, 7) is 5.41. The van der Waals surface area contributed by atoms with E-state index in [-0.39, 0.29) is 11.9 Å². The highest BCUT2D eigenvalue weighted by Crippen LogP contribution is 2.11. The molecule has 0 aromatic carbocycles. The Morgan fingerprint density at radius 1 is 1.67 bits per heavy atom. The Balaban J connectivity index is 2.43. The van der Waals surface area contributed by atoms with Crippen LogP contribution in [0.5, 0.6) is 0 Å². The Bertz CT molecular complexity index is 314. The molecule has 1 aromatic rings. The van der Waals surface area contributed by atoms with Crippen molar-refractivity contribution in [3.63, 3.8) is 0 Å². The Labute approximate surface area is 94.7 Å². The normalized spacial score (nSPS) is 13.6. The third-order valence-corrected chi connectivity index (χ3v) is 2.95. The van der Waals surface area contributed by atoms with Gasteiger partial charge in [0.15, 0.2) is 0 Å². The van der Waals surface area contributed by atoms with Crippen LogP contribution in [0.25, 0.3) is 0 Å². The topological polar surface area (TPSA) is 55.1 Å². The van der Waals surface area contributed by atoms with Crippen molar-refractivity contribution < 1.29 is 4.79 Å². The molecule has 0 saturated heterocycles. The van der Waals surface area contributed by atoms with E-state index < -0.39 is 5.54 Å². The van der Waals surface area contributed by atoms with E-state index in [9.17, 15) is 4.79 Å². The minimum Gasteiger partial charge on any atom is -0.352 e. The number of nitrogens with one attached hydrogen (secondary N) is 1. The highest BCUT2D eigenvalue weighted by Gasteiger charge is 2.23. The summed E-state index contributed by atoms with van der Waals surface area (Å²) in [5.41, 5.74) is 4.89. The Morgan fingerprint density at radius 3 is 2.80 bits per heavy atom. The van der Waals surface area contributed by atoms with Gasteiger partial charge in [-0.25, -0.2) is 0 Å². The number of thiophene rings is 1. The van der Waals surface area contributed by atoms with Crippen LogP contribution in [-0.4, -0.2) is 17.5 Å². The maximum Gasteiger partial charge on any atom is 0.239 e. The molecule has 1 aromatic heterocycles. The predicted octanol–water partition coefficient (Wildman–Crippen LogP) is 1.53. The van der Waals surface area contributed by atoms with Crippen molar-refractivity contribution in [2.45, 2.75) is 38.8 Å². The van der Waals surface area contributed by atoms with E-state index in [2.05, 4.69) is 11.4 Å². The molecule has 3 N–H and O–H groups in total. The molecule has 1 amide bonds. The number of carbonyl (C=O) groups is 1. The van der Waals surface area contributed by atoms with Crippen LogP contribution in [0.2, 0.25) is 0 Å². The van der Waals surface area contributed by atoms with Crippen LogP contribution >= 0.6 is 11.3 Å². The SMILES string of the molecule is CC(Cc1cccs1)NC(=O)C(C)(C)N. The minimum atomic E-state index is -0.802. The molecule has 0 spiro atoms. The summed E-state index contributed by atoms with van der Waals surface area (Å²) in [4.78, 5) is 12.8. The summed E-state index contributed by atoms with van der Waals surface area (Å²) in [5, 5.41) is 4.94. The molecule has 0 radical (unpaired) electrons. The second-order valence-corrected chi connectivity index (χ2v) is 5.41. The minimum absolute atomic E-state index is 0.105. The lowest BCUT2D eigenvalue weighted by molar-refractivity contribution is -0.125. The molecule has 1 atom stereocenters. The second-order valence-electron chi connectivity index (χ2n) is 4.38. The first-order valence-electron chi connectivity index (χ1n) is 5.02. The molecule has 0 bridgehead atoms. The largest absolute Gasteiger partial charge is 0.352 e. The summed E-state index contributed by atoms with van der Waals surface area (Å²) >= 11 is 1.70. The average Bonchev–Trinajstić information content (AvgIpc) is 2.54. The van der Waals surface area contributed by atoms with Crippen molar-refractivity contribution in [2.75, 3.05) is 0 Å². The lowest BCUT2D eigenvalue weighted by atomic mass is 10.1. The first-order chi connectivity index (χ1) is 6.89. The number of nitrogens with two attached hydrogens (primary N) is 1. The zero-order valence-corrected chi connectivity index (χ0v) is 10.2. The third kappa shape index (κ3) is 4.01. The molecule has 3 nitrogen and oxygen atoms in total. The van der Waals surface area contributed by atoms with Crippen molar-refractivity contribution in [3.8, 4) is 0 Å². The van der Waals surface area contributed by atoms with Crippen LogP contribution in [0.3, 0.4) is 0 Å². The molecule has 1 rings (SSSR count). The molecule has 0 fully saturated rings. The molecule has 0 aliphatic heterocycles. The molecule has 4 heteroatoms. The van der Waals surface area contributed by atoms with Gasteiger partial charge in [0.2, 0.25) is 5.91 Å². The van der Waals surface area contributed by atoms with Crippen LogP contribution in [-0.2, 0) is 11.2 Å². The van der Waals surface area contributed by atoms with Crippen molar-refractivity contribution >= 4 is 17.2 Å². The van der Waals surface area contributed by atoms with Gasteiger partial charge in [-0.1, -0.05) is 6.07 Å². The highest BCUT2D eigenvalue weighted by molar-refractivity contribution is 7.09. The van der Waals surface area contributed by atoms with Gasteiger partial charge in [0.25, 0.3) is 0 Å². The maximum absolute atomic E-state index is 11.6. The summed E-state index contributed by atoms with van der Waals surface area (Å²) in [5.74, 6) is -0.105. The summed E-state index contributed by atoms with van der Waals surface area (Å²) in [7, 11) is 0. The van der Waals surface area contributed by atoms with Gasteiger partial charge in [0.1, 0.15) is 0 Å². The summed E-state index contributed by atoms with van der Waals surface area (Å²) in [6, 6.07) is 4.21. The molecule has 15 heavy (non-hydrogen) atoms. The fourth-order valence-electron chi connectivity index (χ4n) is 1.19. The van der Waals surface area contributed by atoms with Gasteiger partial charge < -0.3 is 11.1 Å². The highest BCUT2D eigenvalue weighted by atomic mass is 32.1. The van der Waals surface area contributed by atoms with E-state index in [0.717, 1.165) is 6.42 Å². The van der Waals surface area contributed by atoms with Crippen LogP contribution < -0.4 is 11.1 Å². The van der Waals surface area contributed by atoms with Gasteiger partial charge in [-0.05, 0) is 32.2 Å². The molecule has 1 unspecified atom stereocenters. The number of rotatable bonds is 4. The Kier molecular flexibility index (Phi) is 3.88. The van der Waals surface area contributed by atoms with Crippen LogP contribution in [0, 0.1) is 0 Å². The standard InChI is InChI=1S/C11H18N2OS/c1-8(7-9-5-4-6-15-9)13-10(14)11(2,3)12/h4-6,8H,7,12H2,1-3H3,(H,13,14). The zero-order valence-electron chi connectivity index (χ0n) is 9.41. The van der Waals surface area contributed by atoms with Gasteiger partial charge in [-0.2, -0.15) is 0 Å². The monoisotopic (exact) mass is 226 g/mol. The summed E-state index contributed by atoms with van der Waals surface area (Å²) in [6.07, 6.45) is 0.861. The average molecular weight is 226 g/mol. The van der Waals surface area contributed by atoms with Gasteiger partial charge in [-0.15, -0.1) is 11.3 Å². The van der Waals surface area contributed by atoms with Crippen LogP contribution in [0.4, 0.5) is 0 Å². The molecular formula is C11H18N2OS. The molecule has 0 saturated carbocycles. The lowest BCUT2D eigenvalue weighted by Gasteiger charge is -2.21. The number of hydrogen-bond donors (Lipinski definition) is 2. The van der Waals surface area contributed by atoms with Gasteiger partial charge >= 0.3 is 0 Å². The summed E-state index contributed by atoms with van der Waals surface area (Å²) < 4.78 is 0. The lowest BCUT2D eigenvalue weighted by Crippen LogP contribution is -2.51. The van der Waals surface area contributed by atoms with Crippen LogP contribution in [0.1, 0.15) is 25.6 Å². The second kappa shape index (κ2) is 4.77. The van der Waals surface area contributed by atoms with E-state index in [0.29, 0.717) is 0 Å². The quantitative estimate of drug-likeness (QED) is 0.818. The van der Waals surface area contributed by atoms with E-state index >= 15 is 0 Å². The third-order valence-electron chi connectivity index (χ3n) is 2.05. The molecule has 84 valence electrons. The fourth-order valence-corrected chi connectivity index (χ4v) is 2.03. The molecular weight excluding hydrogens is 208 g/mol. The van der Waals surface area contributed by atoms with Crippen molar-refractivity contribution in [1.82, 2.24) is 5.32 Å². The number of hydrogen-bond acceptors (Lipinski definition) is 3. The molecule has 0 aliphatic carbocycles. The maximum atomic E-state index is 11.6. The van der Waals surface area contributed by atoms with Crippen molar-refractivity contribution in [3.05, 3.63) is 22.4 Å². The zero-order chi connectivity index (χ0) is 11.5. The van der Waals surface area contributed by atoms with Crippen LogP contribution in [0.15, 0.2) is 17.5 Å². The Morgan fingerprint density at radius 2 is 2.33 bits per heavy atom. The van der Waals surface area contributed by atoms with Gasteiger partial charge in [0.05, 0.1) is 5.54 Å². The molecule has 0 aliphatic rings. The first-order valence-corrected chi connectivity index (χ1v) is 5.90. The van der Waals surface area contributed by atoms with E-state index in [1.807, 2.05) is 18.4 Å².